The predicted octanol–water partition coefficient (Wildman–Crippen LogP) is 3.82. The van der Waals surface area contributed by atoms with E-state index in [0.29, 0.717) is 33.6 Å². The van der Waals surface area contributed by atoms with Crippen molar-refractivity contribution in [1.82, 2.24) is 0 Å². The number of nitrogens with two attached hydrogens (primary N) is 1. The van der Waals surface area contributed by atoms with E-state index >= 15 is 0 Å². The Bertz CT molecular complexity index is 635. The Kier molecular flexibility index (Phi) is 4.20. The van der Waals surface area contributed by atoms with Gasteiger partial charge in [-0.1, -0.05) is 11.6 Å². The van der Waals surface area contributed by atoms with Crippen molar-refractivity contribution in [1.29, 1.82) is 0 Å². The van der Waals surface area contributed by atoms with Crippen LogP contribution in [0.4, 0.5) is 21.5 Å². The van der Waals surface area contributed by atoms with Crippen molar-refractivity contribution in [3.05, 3.63) is 41.2 Å². The molecule has 6 heteroatoms. The summed E-state index contributed by atoms with van der Waals surface area (Å²) >= 11 is 6.07. The highest BCUT2D eigenvalue weighted by atomic mass is 35.5. The molecule has 2 aromatic carbocycles. The number of hydrogen-bond donors (Lipinski definition) is 2. The summed E-state index contributed by atoms with van der Waals surface area (Å²) in [6.45, 7) is 0. The highest BCUT2D eigenvalue weighted by molar-refractivity contribution is 6.32. The van der Waals surface area contributed by atoms with E-state index in [0.717, 1.165) is 0 Å². The second kappa shape index (κ2) is 5.88. The molecule has 0 aliphatic heterocycles. The lowest BCUT2D eigenvalue weighted by Crippen LogP contribution is -2.00. The van der Waals surface area contributed by atoms with Crippen LogP contribution < -0.4 is 20.5 Å². The molecule has 2 rings (SSSR count). The molecule has 2 aromatic rings. The molecule has 0 radical (unpaired) electrons. The summed E-state index contributed by atoms with van der Waals surface area (Å²) in [6, 6.07) is 7.34. The normalized spacial score (nSPS) is 10.2. The number of ether oxygens (including phenoxy) is 2. The van der Waals surface area contributed by atoms with Gasteiger partial charge in [0.1, 0.15) is 17.3 Å². The van der Waals surface area contributed by atoms with Crippen molar-refractivity contribution in [2.45, 2.75) is 0 Å². The van der Waals surface area contributed by atoms with Crippen LogP contribution in [0.3, 0.4) is 0 Å². The third kappa shape index (κ3) is 2.88. The topological polar surface area (TPSA) is 56.5 Å². The van der Waals surface area contributed by atoms with Crippen LogP contribution in [-0.4, -0.2) is 14.2 Å². The van der Waals surface area contributed by atoms with Gasteiger partial charge in [-0.15, -0.1) is 0 Å². The third-order valence-electron chi connectivity index (χ3n) is 2.76. The Morgan fingerprint density at radius 2 is 1.75 bits per heavy atom. The largest absolute Gasteiger partial charge is 0.495 e. The summed E-state index contributed by atoms with van der Waals surface area (Å²) in [6.07, 6.45) is 0. The molecule has 0 unspecified atom stereocenters. The summed E-state index contributed by atoms with van der Waals surface area (Å²) < 4.78 is 23.6. The Morgan fingerprint density at radius 3 is 2.40 bits per heavy atom. The zero-order chi connectivity index (χ0) is 14.7. The Balaban J connectivity index is 2.42. The lowest BCUT2D eigenvalue weighted by atomic mass is 10.2. The minimum atomic E-state index is -0.389. The molecule has 0 spiro atoms. The lowest BCUT2D eigenvalue weighted by Gasteiger charge is -2.15. The van der Waals surface area contributed by atoms with Crippen LogP contribution in [0.5, 0.6) is 11.5 Å². The van der Waals surface area contributed by atoms with Gasteiger partial charge in [0, 0.05) is 6.07 Å². The molecular formula is C14H14ClFN2O2. The molecule has 0 aliphatic rings. The first-order valence-corrected chi connectivity index (χ1v) is 6.16. The van der Waals surface area contributed by atoms with Crippen LogP contribution in [0.2, 0.25) is 5.02 Å². The lowest BCUT2D eigenvalue weighted by molar-refractivity contribution is 0.396. The van der Waals surface area contributed by atoms with Crippen LogP contribution in [0.25, 0.3) is 0 Å². The van der Waals surface area contributed by atoms with Gasteiger partial charge in [-0.05, 0) is 24.3 Å². The molecule has 0 aliphatic carbocycles. The van der Waals surface area contributed by atoms with E-state index in [1.165, 1.54) is 32.4 Å². The van der Waals surface area contributed by atoms with E-state index < -0.39 is 0 Å². The summed E-state index contributed by atoms with van der Waals surface area (Å²) in [5, 5.41) is 3.40. The van der Waals surface area contributed by atoms with Gasteiger partial charge in [0.2, 0.25) is 0 Å². The quantitative estimate of drug-likeness (QED) is 0.842. The number of nitrogens with one attached hydrogen (secondary N) is 1. The second-order valence-electron chi connectivity index (χ2n) is 4.04. The van der Waals surface area contributed by atoms with Crippen molar-refractivity contribution in [3.8, 4) is 11.5 Å². The predicted molar refractivity (Wildman–Crippen MR) is 78.7 cm³/mol. The maximum atomic E-state index is 13.3. The maximum absolute atomic E-state index is 13.3. The van der Waals surface area contributed by atoms with E-state index in [4.69, 9.17) is 26.8 Å². The first kappa shape index (κ1) is 14.3. The van der Waals surface area contributed by atoms with Crippen LogP contribution in [0, 0.1) is 5.82 Å². The van der Waals surface area contributed by atoms with E-state index in [9.17, 15) is 4.39 Å². The first-order chi connectivity index (χ1) is 9.55. The average molecular weight is 297 g/mol. The van der Waals surface area contributed by atoms with Crippen molar-refractivity contribution in [2.75, 3.05) is 25.3 Å². The molecule has 0 saturated carbocycles. The first-order valence-electron chi connectivity index (χ1n) is 5.78. The van der Waals surface area contributed by atoms with E-state index in [2.05, 4.69) is 5.32 Å². The Hall–Kier alpha value is -2.14. The Morgan fingerprint density at radius 1 is 1.05 bits per heavy atom. The SMILES string of the molecule is COc1cc(OC)c(Nc2cc(F)ccc2N)cc1Cl. The summed E-state index contributed by atoms with van der Waals surface area (Å²) in [7, 11) is 3.03. The minimum absolute atomic E-state index is 0.389. The summed E-state index contributed by atoms with van der Waals surface area (Å²) in [5.74, 6) is 0.608. The number of nitrogen functional groups attached to an aromatic ring is 1. The molecule has 0 aromatic heterocycles. The van der Waals surface area contributed by atoms with Gasteiger partial charge < -0.3 is 20.5 Å². The zero-order valence-corrected chi connectivity index (χ0v) is 11.8. The third-order valence-corrected chi connectivity index (χ3v) is 3.05. The number of halogens is 2. The molecule has 0 heterocycles. The van der Waals surface area contributed by atoms with Gasteiger partial charge in [0.25, 0.3) is 0 Å². The highest BCUT2D eigenvalue weighted by Crippen LogP contribution is 2.38. The fourth-order valence-corrected chi connectivity index (χ4v) is 1.98. The molecule has 0 atom stereocenters. The van der Waals surface area contributed by atoms with Crippen LogP contribution in [-0.2, 0) is 0 Å². The fraction of sp³-hybridized carbons (Fsp3) is 0.143. The number of methoxy groups -OCH3 is 2. The molecule has 0 amide bonds. The number of benzene rings is 2. The molecule has 0 fully saturated rings. The summed E-state index contributed by atoms with van der Waals surface area (Å²) in [4.78, 5) is 0. The number of rotatable bonds is 4. The van der Waals surface area contributed by atoms with E-state index in [1.54, 1.807) is 12.1 Å². The fourth-order valence-electron chi connectivity index (χ4n) is 1.74. The average Bonchev–Trinajstić information content (AvgIpc) is 2.43. The van der Waals surface area contributed by atoms with Crippen LogP contribution in [0.1, 0.15) is 0 Å². The van der Waals surface area contributed by atoms with E-state index in [-0.39, 0.29) is 5.82 Å². The molecule has 0 saturated heterocycles. The van der Waals surface area contributed by atoms with Gasteiger partial charge >= 0.3 is 0 Å². The van der Waals surface area contributed by atoms with Crippen molar-refractivity contribution < 1.29 is 13.9 Å². The molecule has 106 valence electrons. The van der Waals surface area contributed by atoms with Gasteiger partial charge in [-0.2, -0.15) is 0 Å². The second-order valence-corrected chi connectivity index (χ2v) is 4.45. The van der Waals surface area contributed by atoms with Crippen LogP contribution in [0.15, 0.2) is 30.3 Å². The molecule has 4 nitrogen and oxygen atoms in total. The summed E-state index contributed by atoms with van der Waals surface area (Å²) in [5.41, 5.74) is 7.21. The highest BCUT2D eigenvalue weighted by Gasteiger charge is 2.11. The number of anilines is 3. The van der Waals surface area contributed by atoms with Gasteiger partial charge in [-0.25, -0.2) is 4.39 Å². The molecule has 3 N–H and O–H groups in total. The van der Waals surface area contributed by atoms with Gasteiger partial charge in [0.15, 0.2) is 0 Å². The van der Waals surface area contributed by atoms with Crippen molar-refractivity contribution in [2.24, 2.45) is 0 Å². The standard InChI is InChI=1S/C14H14ClFN2O2/c1-19-13-7-14(20-2)12(6-9(13)15)18-11-5-8(16)3-4-10(11)17/h3-7,18H,17H2,1-2H3. The van der Waals surface area contributed by atoms with Crippen molar-refractivity contribution in [3.63, 3.8) is 0 Å². The maximum Gasteiger partial charge on any atom is 0.146 e. The minimum Gasteiger partial charge on any atom is -0.495 e. The number of hydrogen-bond acceptors (Lipinski definition) is 4. The van der Waals surface area contributed by atoms with Gasteiger partial charge in [-0.3, -0.25) is 0 Å². The smallest absolute Gasteiger partial charge is 0.146 e. The molecular weight excluding hydrogens is 283 g/mol. The van der Waals surface area contributed by atoms with Crippen LogP contribution >= 0.6 is 11.6 Å². The zero-order valence-electron chi connectivity index (χ0n) is 11.0. The van der Waals surface area contributed by atoms with Gasteiger partial charge in [0.05, 0.1) is 36.3 Å². The molecule has 0 bridgehead atoms. The molecule has 20 heavy (non-hydrogen) atoms. The Labute approximate surface area is 121 Å². The monoisotopic (exact) mass is 296 g/mol. The van der Waals surface area contributed by atoms with Crippen molar-refractivity contribution >= 4 is 28.7 Å². The van der Waals surface area contributed by atoms with E-state index in [1.807, 2.05) is 0 Å².